The van der Waals surface area contributed by atoms with E-state index in [1.165, 1.54) is 18.2 Å². The molecule has 0 aliphatic carbocycles. The summed E-state index contributed by atoms with van der Waals surface area (Å²) in [5, 5.41) is 17.7. The summed E-state index contributed by atoms with van der Waals surface area (Å²) in [5.41, 5.74) is 0.509. The number of hydrogen-bond donors (Lipinski definition) is 2. The Bertz CT molecular complexity index is 280. The third-order valence-electron chi connectivity index (χ3n) is 1.51. The molecule has 0 saturated carbocycles. The van der Waals surface area contributed by atoms with Crippen LogP contribution >= 0.6 is 11.6 Å². The van der Waals surface area contributed by atoms with E-state index in [2.05, 4.69) is 0 Å². The smallest absolute Gasteiger partial charge is 0.423 e. The maximum absolute atomic E-state index is 12.2. The van der Waals surface area contributed by atoms with Gasteiger partial charge in [0.15, 0.2) is 0 Å². The molecule has 0 heterocycles. The third-order valence-corrected chi connectivity index (χ3v) is 1.88. The van der Waals surface area contributed by atoms with Crippen LogP contribution in [0, 0.1) is 0 Å². The van der Waals surface area contributed by atoms with Gasteiger partial charge in [0.05, 0.1) is 0 Å². The number of benzene rings is 1. The van der Waals surface area contributed by atoms with E-state index in [1.54, 1.807) is 0 Å². The van der Waals surface area contributed by atoms with Gasteiger partial charge in [-0.05, 0) is 11.5 Å². The van der Waals surface area contributed by atoms with Crippen molar-refractivity contribution >= 4 is 24.2 Å². The van der Waals surface area contributed by atoms with Crippen molar-refractivity contribution in [1.82, 2.24) is 0 Å². The third kappa shape index (κ3) is 1.97. The monoisotopic (exact) mass is 188 g/mol. The van der Waals surface area contributed by atoms with E-state index < -0.39 is 13.8 Å². The minimum Gasteiger partial charge on any atom is -0.423 e. The maximum atomic E-state index is 12.2. The van der Waals surface area contributed by atoms with Gasteiger partial charge in [0, 0.05) is 10.6 Å². The van der Waals surface area contributed by atoms with Crippen LogP contribution in [0.5, 0.6) is 0 Å². The van der Waals surface area contributed by atoms with Crippen LogP contribution in [0.3, 0.4) is 0 Å². The summed E-state index contributed by atoms with van der Waals surface area (Å²) >= 11 is 5.60. The fraction of sp³-hybridized carbons (Fsp3) is 0.143. The van der Waals surface area contributed by atoms with Crippen molar-refractivity contribution in [3.05, 3.63) is 28.8 Å². The van der Waals surface area contributed by atoms with Gasteiger partial charge in [-0.1, -0.05) is 23.7 Å². The zero-order valence-electron chi connectivity index (χ0n) is 6.17. The Morgan fingerprint density at radius 3 is 2.58 bits per heavy atom. The van der Waals surface area contributed by atoms with Crippen LogP contribution in [-0.2, 0) is 6.67 Å². The largest absolute Gasteiger partial charge is 0.488 e. The summed E-state index contributed by atoms with van der Waals surface area (Å²) in [5.74, 6) is 0. The molecule has 0 aliphatic heterocycles. The molecular formula is C7H7BClFO2. The highest BCUT2D eigenvalue weighted by atomic mass is 35.5. The van der Waals surface area contributed by atoms with E-state index in [0.717, 1.165) is 0 Å². The lowest BCUT2D eigenvalue weighted by Crippen LogP contribution is -2.29. The topological polar surface area (TPSA) is 40.5 Å². The number of rotatable bonds is 2. The highest BCUT2D eigenvalue weighted by molar-refractivity contribution is 6.58. The van der Waals surface area contributed by atoms with Crippen molar-refractivity contribution in [2.24, 2.45) is 0 Å². The second-order valence-electron chi connectivity index (χ2n) is 2.36. The molecule has 0 amide bonds. The Kier molecular flexibility index (Phi) is 3.09. The fourth-order valence-corrected chi connectivity index (χ4v) is 1.03. The van der Waals surface area contributed by atoms with Gasteiger partial charge >= 0.3 is 7.12 Å². The van der Waals surface area contributed by atoms with E-state index in [-0.39, 0.29) is 11.0 Å². The van der Waals surface area contributed by atoms with Crippen LogP contribution in [-0.4, -0.2) is 17.2 Å². The van der Waals surface area contributed by atoms with Crippen LogP contribution in [0.1, 0.15) is 5.56 Å². The molecule has 1 rings (SSSR count). The summed E-state index contributed by atoms with van der Waals surface area (Å²) in [7, 11) is -1.58. The quantitative estimate of drug-likeness (QED) is 0.663. The lowest BCUT2D eigenvalue weighted by Gasteiger charge is -2.02. The molecule has 0 bridgehead atoms. The van der Waals surface area contributed by atoms with Crippen molar-refractivity contribution < 1.29 is 14.4 Å². The number of halogens is 2. The summed E-state index contributed by atoms with van der Waals surface area (Å²) in [6.07, 6.45) is 0. The molecule has 0 fully saturated rings. The molecule has 0 aliphatic rings. The van der Waals surface area contributed by atoms with Gasteiger partial charge in [0.2, 0.25) is 0 Å². The summed E-state index contributed by atoms with van der Waals surface area (Å²) in [6.45, 7) is -0.709. The minimum atomic E-state index is -1.58. The molecule has 0 saturated heterocycles. The van der Waals surface area contributed by atoms with Gasteiger partial charge in [0.25, 0.3) is 0 Å². The summed E-state index contributed by atoms with van der Waals surface area (Å²) in [4.78, 5) is 0. The van der Waals surface area contributed by atoms with Crippen LogP contribution in [0.2, 0.25) is 5.02 Å². The summed E-state index contributed by atoms with van der Waals surface area (Å²) < 4.78 is 12.2. The zero-order chi connectivity index (χ0) is 9.14. The zero-order valence-corrected chi connectivity index (χ0v) is 6.92. The molecule has 0 radical (unpaired) electrons. The van der Waals surface area contributed by atoms with Gasteiger partial charge < -0.3 is 10.0 Å². The van der Waals surface area contributed by atoms with Gasteiger partial charge in [-0.25, -0.2) is 4.39 Å². The van der Waals surface area contributed by atoms with E-state index in [1.807, 2.05) is 0 Å². The lowest BCUT2D eigenvalue weighted by atomic mass is 9.80. The first-order valence-corrected chi connectivity index (χ1v) is 3.73. The normalized spacial score (nSPS) is 10.0. The van der Waals surface area contributed by atoms with E-state index in [9.17, 15) is 4.39 Å². The Morgan fingerprint density at radius 1 is 1.42 bits per heavy atom. The fourth-order valence-electron chi connectivity index (χ4n) is 0.858. The van der Waals surface area contributed by atoms with Crippen molar-refractivity contribution in [2.45, 2.75) is 6.67 Å². The van der Waals surface area contributed by atoms with Gasteiger partial charge in [-0.3, -0.25) is 0 Å². The molecule has 0 aromatic heterocycles. The molecule has 2 N–H and O–H groups in total. The van der Waals surface area contributed by atoms with Gasteiger partial charge in [-0.2, -0.15) is 0 Å². The standard InChI is InChI=1S/C7H7BClFO2/c9-7-2-1-6(8(11)12)3-5(7)4-10/h1-3,11-12H,4H2. The minimum absolute atomic E-state index is 0.243. The first-order valence-electron chi connectivity index (χ1n) is 3.35. The average Bonchev–Trinajstić information content (AvgIpc) is 2.05. The van der Waals surface area contributed by atoms with Gasteiger partial charge in [0.1, 0.15) is 6.67 Å². The molecule has 0 spiro atoms. The molecule has 1 aromatic rings. The second kappa shape index (κ2) is 3.89. The molecule has 5 heteroatoms. The number of hydrogen-bond acceptors (Lipinski definition) is 2. The van der Waals surface area contributed by atoms with E-state index in [0.29, 0.717) is 5.02 Å². The highest BCUT2D eigenvalue weighted by Crippen LogP contribution is 2.14. The average molecular weight is 188 g/mol. The van der Waals surface area contributed by atoms with Crippen LogP contribution in [0.25, 0.3) is 0 Å². The molecule has 1 aromatic carbocycles. The SMILES string of the molecule is OB(O)c1ccc(Cl)c(CF)c1. The number of alkyl halides is 1. The Hall–Kier alpha value is -0.575. The molecule has 64 valence electrons. The van der Waals surface area contributed by atoms with Crippen molar-refractivity contribution in [2.75, 3.05) is 0 Å². The first-order chi connectivity index (χ1) is 5.65. The molecule has 2 nitrogen and oxygen atoms in total. The Labute approximate surface area is 74.7 Å². The van der Waals surface area contributed by atoms with Gasteiger partial charge in [-0.15, -0.1) is 0 Å². The molecule has 0 atom stereocenters. The van der Waals surface area contributed by atoms with Crippen molar-refractivity contribution in [3.63, 3.8) is 0 Å². The molecule has 0 unspecified atom stereocenters. The van der Waals surface area contributed by atoms with E-state index >= 15 is 0 Å². The Balaban J connectivity index is 3.05. The predicted octanol–water partition coefficient (Wildman–Crippen LogP) is 0.489. The lowest BCUT2D eigenvalue weighted by molar-refractivity contribution is 0.425. The van der Waals surface area contributed by atoms with Crippen LogP contribution < -0.4 is 5.46 Å². The second-order valence-corrected chi connectivity index (χ2v) is 2.77. The van der Waals surface area contributed by atoms with E-state index in [4.69, 9.17) is 21.6 Å². The summed E-state index contributed by atoms with van der Waals surface area (Å²) in [6, 6.07) is 4.20. The van der Waals surface area contributed by atoms with Crippen molar-refractivity contribution in [1.29, 1.82) is 0 Å². The maximum Gasteiger partial charge on any atom is 0.488 e. The van der Waals surface area contributed by atoms with Crippen LogP contribution in [0.15, 0.2) is 18.2 Å². The highest BCUT2D eigenvalue weighted by Gasteiger charge is 2.12. The molecular weight excluding hydrogens is 181 g/mol. The molecule has 12 heavy (non-hydrogen) atoms. The van der Waals surface area contributed by atoms with Crippen molar-refractivity contribution in [3.8, 4) is 0 Å². The predicted molar refractivity (Wildman–Crippen MR) is 46.1 cm³/mol. The van der Waals surface area contributed by atoms with Crippen LogP contribution in [0.4, 0.5) is 4.39 Å². The Morgan fingerprint density at radius 2 is 2.08 bits per heavy atom. The first kappa shape index (κ1) is 9.51.